The number of phenols is 1. The summed E-state index contributed by atoms with van der Waals surface area (Å²) in [5.41, 5.74) is 7.04. The minimum absolute atomic E-state index is 0.00508. The van der Waals surface area contributed by atoms with E-state index in [1.54, 1.807) is 12.1 Å². The standard InChI is InChI=1S/C18H17FN4O3/c1-10-2-7-16(24)13(8-10)21-18(26)14-9-15(17(20)25)23(22-14)12-5-3-11(19)4-6-12/h2-8,15,24H,9H2,1H3,(H2,20,25)(H,21,26). The maximum Gasteiger partial charge on any atom is 0.272 e. The van der Waals surface area contributed by atoms with Crippen LogP contribution in [-0.4, -0.2) is 28.7 Å². The second kappa shape index (κ2) is 6.83. The van der Waals surface area contributed by atoms with E-state index in [0.29, 0.717) is 5.69 Å². The molecule has 0 radical (unpaired) electrons. The molecule has 8 heteroatoms. The molecule has 1 heterocycles. The topological polar surface area (TPSA) is 108 Å². The normalized spacial score (nSPS) is 16.3. The highest BCUT2D eigenvalue weighted by Crippen LogP contribution is 2.27. The molecule has 0 saturated carbocycles. The Bertz CT molecular complexity index is 896. The molecule has 4 N–H and O–H groups in total. The first kappa shape index (κ1) is 17.4. The number of aryl methyl sites for hydroxylation is 1. The van der Waals surface area contributed by atoms with E-state index in [1.165, 1.54) is 35.3 Å². The summed E-state index contributed by atoms with van der Waals surface area (Å²) in [4.78, 5) is 24.2. The van der Waals surface area contributed by atoms with Crippen LogP contribution in [0, 0.1) is 12.7 Å². The summed E-state index contributed by atoms with van der Waals surface area (Å²) in [6.07, 6.45) is 0.00508. The molecule has 0 spiro atoms. The van der Waals surface area contributed by atoms with Gasteiger partial charge in [0.25, 0.3) is 5.91 Å². The van der Waals surface area contributed by atoms with E-state index in [2.05, 4.69) is 10.4 Å². The van der Waals surface area contributed by atoms with Crippen molar-refractivity contribution in [3.05, 3.63) is 53.8 Å². The Morgan fingerprint density at radius 2 is 1.96 bits per heavy atom. The Morgan fingerprint density at radius 3 is 2.62 bits per heavy atom. The number of hydrogen-bond acceptors (Lipinski definition) is 5. The number of hydrogen-bond donors (Lipinski definition) is 3. The first-order chi connectivity index (χ1) is 12.3. The number of carbonyl (C=O) groups excluding carboxylic acids is 2. The number of phenolic OH excluding ortho intramolecular Hbond substituents is 1. The quantitative estimate of drug-likeness (QED) is 0.727. The van der Waals surface area contributed by atoms with Gasteiger partial charge in [-0.25, -0.2) is 4.39 Å². The van der Waals surface area contributed by atoms with Crippen molar-refractivity contribution in [2.75, 3.05) is 10.3 Å². The number of primary amides is 1. The summed E-state index contributed by atoms with van der Waals surface area (Å²) in [6, 6.07) is 9.29. The van der Waals surface area contributed by atoms with Crippen molar-refractivity contribution >= 4 is 28.9 Å². The molecule has 0 aliphatic carbocycles. The highest BCUT2D eigenvalue weighted by Gasteiger charge is 2.35. The fourth-order valence-electron chi connectivity index (χ4n) is 2.65. The third-order valence-corrected chi connectivity index (χ3v) is 3.99. The molecule has 134 valence electrons. The molecule has 2 aromatic carbocycles. The number of anilines is 2. The van der Waals surface area contributed by atoms with Gasteiger partial charge in [-0.1, -0.05) is 6.07 Å². The van der Waals surface area contributed by atoms with E-state index in [1.807, 2.05) is 6.92 Å². The molecule has 0 saturated heterocycles. The van der Waals surface area contributed by atoms with E-state index >= 15 is 0 Å². The number of halogens is 1. The van der Waals surface area contributed by atoms with Crippen molar-refractivity contribution in [3.63, 3.8) is 0 Å². The van der Waals surface area contributed by atoms with Crippen LogP contribution < -0.4 is 16.1 Å². The predicted molar refractivity (Wildman–Crippen MR) is 95.4 cm³/mol. The second-order valence-electron chi connectivity index (χ2n) is 5.96. The van der Waals surface area contributed by atoms with Gasteiger partial charge in [0.2, 0.25) is 5.91 Å². The summed E-state index contributed by atoms with van der Waals surface area (Å²) in [5.74, 6) is -1.72. The van der Waals surface area contributed by atoms with E-state index in [-0.39, 0.29) is 23.6 Å². The Labute approximate surface area is 148 Å². The van der Waals surface area contributed by atoms with Crippen molar-refractivity contribution in [2.24, 2.45) is 10.8 Å². The zero-order valence-corrected chi connectivity index (χ0v) is 13.9. The Morgan fingerprint density at radius 1 is 1.27 bits per heavy atom. The molecule has 3 rings (SSSR count). The van der Waals surface area contributed by atoms with Crippen LogP contribution in [0.25, 0.3) is 0 Å². The van der Waals surface area contributed by atoms with E-state index in [0.717, 1.165) is 5.56 Å². The van der Waals surface area contributed by atoms with Crippen molar-refractivity contribution < 1.29 is 19.1 Å². The number of hydrazone groups is 1. The first-order valence-corrected chi connectivity index (χ1v) is 7.87. The highest BCUT2D eigenvalue weighted by atomic mass is 19.1. The fraction of sp³-hybridized carbons (Fsp3) is 0.167. The lowest BCUT2D eigenvalue weighted by atomic mass is 10.1. The first-order valence-electron chi connectivity index (χ1n) is 7.87. The van der Waals surface area contributed by atoms with Crippen molar-refractivity contribution in [1.29, 1.82) is 0 Å². The SMILES string of the molecule is Cc1ccc(O)c(NC(=O)C2=NN(c3ccc(F)cc3)C(C(N)=O)C2)c1. The molecular formula is C18H17FN4O3. The minimum Gasteiger partial charge on any atom is -0.506 e. The smallest absolute Gasteiger partial charge is 0.272 e. The van der Waals surface area contributed by atoms with Gasteiger partial charge >= 0.3 is 0 Å². The second-order valence-corrected chi connectivity index (χ2v) is 5.96. The summed E-state index contributed by atoms with van der Waals surface area (Å²) in [7, 11) is 0. The Kier molecular flexibility index (Phi) is 4.57. The van der Waals surface area contributed by atoms with Crippen LogP contribution in [-0.2, 0) is 9.59 Å². The number of nitrogens with zero attached hydrogens (tertiary/aromatic N) is 2. The van der Waals surface area contributed by atoms with Crippen LogP contribution in [0.3, 0.4) is 0 Å². The van der Waals surface area contributed by atoms with Gasteiger partial charge in [-0.05, 0) is 48.9 Å². The molecule has 2 aromatic rings. The van der Waals surface area contributed by atoms with Gasteiger partial charge in [0, 0.05) is 6.42 Å². The maximum atomic E-state index is 13.1. The molecule has 1 aliphatic rings. The van der Waals surface area contributed by atoms with Crippen LogP contribution in [0.15, 0.2) is 47.6 Å². The van der Waals surface area contributed by atoms with Gasteiger partial charge in [-0.2, -0.15) is 5.10 Å². The van der Waals surface area contributed by atoms with Crippen molar-refractivity contribution in [3.8, 4) is 5.75 Å². The Hall–Kier alpha value is -3.42. The predicted octanol–water partition coefficient (Wildman–Crippen LogP) is 1.90. The summed E-state index contributed by atoms with van der Waals surface area (Å²) >= 11 is 0. The van der Waals surface area contributed by atoms with E-state index < -0.39 is 23.7 Å². The zero-order valence-electron chi connectivity index (χ0n) is 13.9. The molecule has 0 aromatic heterocycles. The molecule has 0 bridgehead atoms. The van der Waals surface area contributed by atoms with E-state index in [4.69, 9.17) is 5.73 Å². The fourth-order valence-corrected chi connectivity index (χ4v) is 2.65. The van der Waals surface area contributed by atoms with Gasteiger partial charge in [0.15, 0.2) is 0 Å². The minimum atomic E-state index is -0.854. The third kappa shape index (κ3) is 3.49. The van der Waals surface area contributed by atoms with Gasteiger partial charge in [-0.15, -0.1) is 0 Å². The number of benzene rings is 2. The number of aromatic hydroxyl groups is 1. The number of amides is 2. The largest absolute Gasteiger partial charge is 0.506 e. The maximum absolute atomic E-state index is 13.1. The van der Waals surface area contributed by atoms with Gasteiger partial charge in [0.05, 0.1) is 11.4 Å². The van der Waals surface area contributed by atoms with Gasteiger partial charge in [-0.3, -0.25) is 14.6 Å². The lowest BCUT2D eigenvalue weighted by Gasteiger charge is -2.20. The molecule has 2 amide bonds. The molecule has 7 nitrogen and oxygen atoms in total. The van der Waals surface area contributed by atoms with Crippen molar-refractivity contribution in [1.82, 2.24) is 0 Å². The molecule has 1 aliphatic heterocycles. The lowest BCUT2D eigenvalue weighted by molar-refractivity contribution is -0.119. The molecular weight excluding hydrogens is 339 g/mol. The van der Waals surface area contributed by atoms with Crippen LogP contribution >= 0.6 is 0 Å². The lowest BCUT2D eigenvalue weighted by Crippen LogP contribution is -2.39. The van der Waals surface area contributed by atoms with Crippen LogP contribution in [0.2, 0.25) is 0 Å². The highest BCUT2D eigenvalue weighted by molar-refractivity contribution is 6.44. The number of carbonyl (C=O) groups is 2. The molecule has 1 unspecified atom stereocenters. The summed E-state index contributed by atoms with van der Waals surface area (Å²) < 4.78 is 13.1. The van der Waals surface area contributed by atoms with Crippen LogP contribution in [0.5, 0.6) is 5.75 Å². The monoisotopic (exact) mass is 356 g/mol. The summed E-state index contributed by atoms with van der Waals surface area (Å²) in [5, 5.41) is 17.9. The van der Waals surface area contributed by atoms with Gasteiger partial charge in [0.1, 0.15) is 23.3 Å². The van der Waals surface area contributed by atoms with Crippen LogP contribution in [0.4, 0.5) is 15.8 Å². The molecule has 26 heavy (non-hydrogen) atoms. The number of nitrogens with two attached hydrogens (primary N) is 1. The Balaban J connectivity index is 1.86. The van der Waals surface area contributed by atoms with E-state index in [9.17, 15) is 19.1 Å². The number of nitrogens with one attached hydrogen (secondary N) is 1. The third-order valence-electron chi connectivity index (χ3n) is 3.99. The van der Waals surface area contributed by atoms with Crippen LogP contribution in [0.1, 0.15) is 12.0 Å². The van der Waals surface area contributed by atoms with Gasteiger partial charge < -0.3 is 16.2 Å². The average Bonchev–Trinajstić information content (AvgIpc) is 3.04. The number of rotatable bonds is 4. The molecule has 1 atom stereocenters. The zero-order chi connectivity index (χ0) is 18.8. The molecule has 0 fully saturated rings. The summed E-state index contributed by atoms with van der Waals surface area (Å²) in [6.45, 7) is 1.82. The average molecular weight is 356 g/mol. The van der Waals surface area contributed by atoms with Crippen molar-refractivity contribution in [2.45, 2.75) is 19.4 Å².